The number of hydrogen-bond acceptors (Lipinski definition) is 25. The van der Waals surface area contributed by atoms with Crippen molar-refractivity contribution in [2.75, 3.05) is 33.9 Å². The Hall–Kier alpha value is -10.2. The predicted molar refractivity (Wildman–Crippen MR) is 302 cm³/mol. The molecule has 30 nitrogen and oxygen atoms in total. The van der Waals surface area contributed by atoms with E-state index in [9.17, 15) is 76.5 Å². The molecule has 11 N–H and O–H groups in total. The number of para-hydroxylation sites is 1. The maximum atomic E-state index is 14.7. The number of aryl methyl sites for hydroxylation is 1. The number of phenolic OH excluding ortho intramolecular Hbond substituents is 1. The van der Waals surface area contributed by atoms with Gasteiger partial charge in [-0.2, -0.15) is 63.9 Å². The molecule has 0 bridgehead atoms. The third-order valence-corrected chi connectivity index (χ3v) is 15.2. The molecule has 84 heavy (non-hydrogen) atoms. The molecule has 9 rings (SSSR count). The lowest BCUT2D eigenvalue weighted by molar-refractivity contribution is -0.134. The zero-order valence-corrected chi connectivity index (χ0v) is 45.7. The number of carbonyl (C=O) groups excluding carboxylic acids is 2. The number of nitrogens with one attached hydrogen (secondary N) is 5. The van der Waals surface area contributed by atoms with Crippen molar-refractivity contribution in [2.45, 2.75) is 21.6 Å². The van der Waals surface area contributed by atoms with Crippen LogP contribution in [0.4, 0.5) is 57.7 Å². The molecule has 34 heteroatoms. The number of phenols is 1. The van der Waals surface area contributed by atoms with Gasteiger partial charge in [0.15, 0.2) is 11.5 Å². The zero-order chi connectivity index (χ0) is 60.6. The maximum Gasteiger partial charge on any atom is 0.339 e. The van der Waals surface area contributed by atoms with E-state index >= 15 is 0 Å². The number of hydrazone groups is 2. The van der Waals surface area contributed by atoms with Crippen molar-refractivity contribution in [1.82, 2.24) is 15.0 Å². The third-order valence-electron chi connectivity index (χ3n) is 11.9. The smallest absolute Gasteiger partial charge is 0.339 e. The summed E-state index contributed by atoms with van der Waals surface area (Å²) < 4.78 is 145. The minimum absolute atomic E-state index is 0.0156. The van der Waals surface area contributed by atoms with Gasteiger partial charge in [-0.1, -0.05) is 18.2 Å². The SMILES string of the molecule is COc1cc(N=Nc2cc(S(=O)(=O)O)cc3cc(S(=O)(=O)O)cc(O)c23)c(C)cc1N/N=C1/C(=O)c2c(cc(S(=O)(=O)O)cc2Nc2nc(Nc3ccccc3)nc(Nc3ccc(N/N=C4/C=CC(=O)C(C(=O)O)=C4)cc3)n2)C=C1S(=O)(=O)O. The predicted octanol–water partition coefficient (Wildman–Crippen LogP) is 7.24. The van der Waals surface area contributed by atoms with Gasteiger partial charge in [-0.25, -0.2) is 4.79 Å². The van der Waals surface area contributed by atoms with E-state index in [1.165, 1.54) is 32.2 Å². The first kappa shape index (κ1) is 58.5. The summed E-state index contributed by atoms with van der Waals surface area (Å²) in [5, 5.41) is 44.6. The topological polar surface area (TPSA) is 467 Å². The first-order chi connectivity index (χ1) is 39.5. The molecule has 0 radical (unpaired) electrons. The maximum absolute atomic E-state index is 14.7. The number of aromatic nitrogens is 3. The van der Waals surface area contributed by atoms with Gasteiger partial charge in [0.2, 0.25) is 23.6 Å². The minimum Gasteiger partial charge on any atom is -0.507 e. The van der Waals surface area contributed by atoms with Crippen molar-refractivity contribution in [3.63, 3.8) is 0 Å². The van der Waals surface area contributed by atoms with Gasteiger partial charge in [-0.05, 0) is 121 Å². The molecule has 0 unspecified atom stereocenters. The normalized spacial score (nSPS) is 14.7. The lowest BCUT2D eigenvalue weighted by atomic mass is 9.93. The number of carboxylic acids is 1. The first-order valence-electron chi connectivity index (χ1n) is 23.4. The zero-order valence-electron chi connectivity index (χ0n) is 42.5. The molecule has 0 aliphatic heterocycles. The highest BCUT2D eigenvalue weighted by Crippen LogP contribution is 2.41. The molecule has 0 fully saturated rings. The Morgan fingerprint density at radius 1 is 0.595 bits per heavy atom. The summed E-state index contributed by atoms with van der Waals surface area (Å²) in [5.41, 5.74) is 3.58. The first-order valence-corrected chi connectivity index (χ1v) is 29.1. The van der Waals surface area contributed by atoms with Crippen LogP contribution in [0, 0.1) is 6.92 Å². The summed E-state index contributed by atoms with van der Waals surface area (Å²) in [6.07, 6.45) is 4.21. The van der Waals surface area contributed by atoms with Gasteiger partial charge in [0.25, 0.3) is 40.5 Å². The molecular weight excluding hydrogens is 1180 g/mol. The molecule has 2 aliphatic carbocycles. The molecule has 1 aromatic heterocycles. The molecule has 0 atom stereocenters. The number of allylic oxidation sites excluding steroid dienone is 4. The Kier molecular flexibility index (Phi) is 15.7. The van der Waals surface area contributed by atoms with E-state index in [2.05, 4.69) is 62.2 Å². The molecular formula is C50H38N12O18S4. The fourth-order valence-electron chi connectivity index (χ4n) is 8.01. The van der Waals surface area contributed by atoms with Gasteiger partial charge in [0.05, 0.1) is 66.9 Å². The van der Waals surface area contributed by atoms with Crippen LogP contribution in [0.2, 0.25) is 0 Å². The number of nitrogens with zero attached hydrogens (tertiary/aromatic N) is 7. The number of Topliss-reactive ketones (excluding diaryl/α,β-unsaturated/α-hetero) is 1. The summed E-state index contributed by atoms with van der Waals surface area (Å²) in [7, 11) is -19.2. The monoisotopic (exact) mass is 1220 g/mol. The molecule has 2 aliphatic rings. The van der Waals surface area contributed by atoms with E-state index in [0.29, 0.717) is 29.2 Å². The standard InChI is InChI=1S/C50H38N12O18S4/c1-24-14-36(41(80-2)23-35(24)59-61-38-21-32(82(71,72)73)15-25-16-33(83(74,75)76)22-40(64)43(25)38)60-62-45-42(84(77,78)79)18-26-17-31(81(68,69)70)20-37(44(26)46(45)65)53-50-55-48(51-27-6-4-3-5-7-27)54-49(56-50)52-28-8-10-29(11-9-28)57-58-30-12-13-39(63)34(19-30)47(66)67/h3-23,57,60,64H,1-2H3,(H,66,67)(H,68,69,70)(H,71,72,73)(H,74,75,76)(H,77,78,79)(H3,51,52,53,54,55,56)/b58-30-,61-59?,62-45+. The fourth-order valence-corrected chi connectivity index (χ4v) is 10.3. The Labute approximate surface area is 473 Å². The van der Waals surface area contributed by atoms with Crippen molar-refractivity contribution in [3.8, 4) is 11.5 Å². The number of benzene rings is 6. The molecule has 0 amide bonds. The highest BCUT2D eigenvalue weighted by atomic mass is 32.2. The molecule has 0 saturated carbocycles. The summed E-state index contributed by atoms with van der Waals surface area (Å²) >= 11 is 0. The number of methoxy groups -OCH3 is 1. The van der Waals surface area contributed by atoms with Crippen LogP contribution in [0.25, 0.3) is 16.8 Å². The Bertz CT molecular complexity index is 4650. The quantitative estimate of drug-likeness (QED) is 0.0132. The average molecular weight is 1220 g/mol. The van der Waals surface area contributed by atoms with Crippen LogP contribution in [0.15, 0.2) is 167 Å². The second kappa shape index (κ2) is 22.6. The number of azo groups is 1. The van der Waals surface area contributed by atoms with Crippen LogP contribution < -0.4 is 31.5 Å². The van der Waals surface area contributed by atoms with Crippen LogP contribution in [0.5, 0.6) is 11.5 Å². The van der Waals surface area contributed by atoms with Crippen LogP contribution in [-0.2, 0) is 50.1 Å². The van der Waals surface area contributed by atoms with Gasteiger partial charge >= 0.3 is 5.97 Å². The molecule has 430 valence electrons. The minimum atomic E-state index is -5.40. The summed E-state index contributed by atoms with van der Waals surface area (Å²) in [6, 6.07) is 22.0. The van der Waals surface area contributed by atoms with E-state index < -0.39 is 117 Å². The summed E-state index contributed by atoms with van der Waals surface area (Å²) in [5.74, 6) is -4.94. The van der Waals surface area contributed by atoms with Crippen molar-refractivity contribution >= 4 is 144 Å². The number of carbonyl (C=O) groups is 3. The molecule has 0 saturated heterocycles. The largest absolute Gasteiger partial charge is 0.507 e. The average Bonchev–Trinajstić information content (AvgIpc) is 2.52. The van der Waals surface area contributed by atoms with Gasteiger partial charge in [0, 0.05) is 23.5 Å². The number of anilines is 8. The van der Waals surface area contributed by atoms with Crippen molar-refractivity contribution in [1.29, 1.82) is 0 Å². The van der Waals surface area contributed by atoms with Crippen molar-refractivity contribution in [3.05, 3.63) is 149 Å². The number of aromatic hydroxyl groups is 1. The number of ether oxygens (including phenoxy) is 1. The lowest BCUT2D eigenvalue weighted by Crippen LogP contribution is -2.28. The Balaban J connectivity index is 1.06. The van der Waals surface area contributed by atoms with E-state index in [-0.39, 0.29) is 57.0 Å². The Morgan fingerprint density at radius 3 is 1.76 bits per heavy atom. The molecule has 6 aromatic carbocycles. The summed E-state index contributed by atoms with van der Waals surface area (Å²) in [4.78, 5) is 47.7. The van der Waals surface area contributed by atoms with E-state index in [1.807, 2.05) is 0 Å². The highest BCUT2D eigenvalue weighted by Gasteiger charge is 2.36. The van der Waals surface area contributed by atoms with Gasteiger partial charge < -0.3 is 30.9 Å². The fraction of sp³-hybridized carbons (Fsp3) is 0.0400. The van der Waals surface area contributed by atoms with Crippen LogP contribution in [0.1, 0.15) is 21.5 Å². The molecule has 7 aromatic rings. The van der Waals surface area contributed by atoms with Crippen LogP contribution >= 0.6 is 0 Å². The van der Waals surface area contributed by atoms with Gasteiger partial charge in [0.1, 0.15) is 22.0 Å². The summed E-state index contributed by atoms with van der Waals surface area (Å²) in [6.45, 7) is 1.47. The van der Waals surface area contributed by atoms with E-state index in [4.69, 9.17) is 4.74 Å². The second-order valence-corrected chi connectivity index (χ2v) is 23.3. The van der Waals surface area contributed by atoms with Gasteiger partial charge in [-0.3, -0.25) is 38.7 Å². The van der Waals surface area contributed by atoms with Crippen molar-refractivity contribution < 1.29 is 81.2 Å². The number of hydrogen-bond donors (Lipinski definition) is 11. The van der Waals surface area contributed by atoms with Gasteiger partial charge in [-0.15, -0.1) is 5.11 Å². The number of carboxylic acid groups (broad SMARTS) is 1. The Morgan fingerprint density at radius 2 is 1.17 bits per heavy atom. The van der Waals surface area contributed by atoms with E-state index in [1.54, 1.807) is 54.6 Å². The number of fused-ring (bicyclic) bond motifs is 2. The van der Waals surface area contributed by atoms with E-state index in [0.717, 1.165) is 42.5 Å². The van der Waals surface area contributed by atoms with Crippen LogP contribution in [-0.4, -0.2) is 113 Å². The molecule has 1 heterocycles. The number of aliphatic carboxylic acids is 1. The molecule has 0 spiro atoms. The number of ketones is 2. The lowest BCUT2D eigenvalue weighted by Gasteiger charge is -2.21. The number of rotatable bonds is 18. The second-order valence-electron chi connectivity index (χ2n) is 17.6. The van der Waals surface area contributed by atoms with Crippen LogP contribution in [0.3, 0.4) is 0 Å². The van der Waals surface area contributed by atoms with Crippen molar-refractivity contribution in [2.24, 2.45) is 20.4 Å². The highest BCUT2D eigenvalue weighted by molar-refractivity contribution is 7.91. The third kappa shape index (κ3) is 13.1.